The van der Waals surface area contributed by atoms with Crippen molar-refractivity contribution in [3.05, 3.63) is 29.3 Å². The van der Waals surface area contributed by atoms with Gasteiger partial charge >= 0.3 is 5.97 Å². The van der Waals surface area contributed by atoms with E-state index in [0.29, 0.717) is 11.3 Å². The number of carbonyl (C=O) groups is 1. The zero-order chi connectivity index (χ0) is 10.6. The Kier molecular flexibility index (Phi) is 3.24. The lowest BCUT2D eigenvalue weighted by atomic mass is 10.1. The van der Waals surface area contributed by atoms with E-state index in [2.05, 4.69) is 0 Å². The van der Waals surface area contributed by atoms with Crippen molar-refractivity contribution in [1.82, 2.24) is 0 Å². The molecule has 3 nitrogen and oxygen atoms in total. The number of esters is 1. The normalized spacial score (nSPS) is 9.21. The maximum Gasteiger partial charge on any atom is 0.308 e. The Hall–Kier alpha value is -1.82. The van der Waals surface area contributed by atoms with E-state index in [4.69, 9.17) is 10.00 Å². The van der Waals surface area contributed by atoms with E-state index in [0.717, 1.165) is 12.0 Å². The highest BCUT2D eigenvalue weighted by molar-refractivity contribution is 5.70. The van der Waals surface area contributed by atoms with Crippen molar-refractivity contribution in [3.63, 3.8) is 0 Å². The summed E-state index contributed by atoms with van der Waals surface area (Å²) in [6, 6.07) is 7.30. The van der Waals surface area contributed by atoms with Gasteiger partial charge in [0.25, 0.3) is 0 Å². The fraction of sp³-hybridized carbons (Fsp3) is 0.273. The van der Waals surface area contributed by atoms with Crippen LogP contribution in [0.25, 0.3) is 0 Å². The minimum absolute atomic E-state index is 0.347. The molecule has 0 saturated heterocycles. The summed E-state index contributed by atoms with van der Waals surface area (Å²) in [5.74, 6) is -0.0610. The highest BCUT2D eigenvalue weighted by Gasteiger charge is 2.08. The van der Waals surface area contributed by atoms with Crippen LogP contribution >= 0.6 is 0 Å². The van der Waals surface area contributed by atoms with Crippen LogP contribution < -0.4 is 4.74 Å². The predicted molar refractivity (Wildman–Crippen MR) is 51.8 cm³/mol. The molecule has 0 aliphatic rings. The summed E-state index contributed by atoms with van der Waals surface area (Å²) >= 11 is 0. The lowest BCUT2D eigenvalue weighted by molar-refractivity contribution is -0.131. The molecule has 3 heteroatoms. The predicted octanol–water partition coefficient (Wildman–Crippen LogP) is 2.05. The van der Waals surface area contributed by atoms with Crippen LogP contribution in [0.1, 0.15) is 25.0 Å². The van der Waals surface area contributed by atoms with Crippen LogP contribution in [0.5, 0.6) is 5.75 Å². The molecule has 0 aliphatic heterocycles. The van der Waals surface area contributed by atoms with Gasteiger partial charge in [-0.25, -0.2) is 0 Å². The third kappa shape index (κ3) is 2.11. The molecule has 0 radical (unpaired) electrons. The molecule has 0 saturated carbocycles. The Balaban J connectivity index is 3.17. The summed E-state index contributed by atoms with van der Waals surface area (Å²) in [5.41, 5.74) is 1.34. The molecule has 72 valence electrons. The van der Waals surface area contributed by atoms with Crippen molar-refractivity contribution in [2.45, 2.75) is 20.3 Å². The maximum atomic E-state index is 10.7. The zero-order valence-corrected chi connectivity index (χ0v) is 8.20. The van der Waals surface area contributed by atoms with Crippen molar-refractivity contribution >= 4 is 5.97 Å². The highest BCUT2D eigenvalue weighted by atomic mass is 16.5. The molecule has 0 heterocycles. The fourth-order valence-electron chi connectivity index (χ4n) is 1.24. The van der Waals surface area contributed by atoms with Gasteiger partial charge in [0.2, 0.25) is 0 Å². The number of hydrogen-bond donors (Lipinski definition) is 0. The lowest BCUT2D eigenvalue weighted by Crippen LogP contribution is -2.04. The maximum absolute atomic E-state index is 10.7. The van der Waals surface area contributed by atoms with Crippen LogP contribution in [0.4, 0.5) is 0 Å². The number of benzene rings is 1. The first-order valence-electron chi connectivity index (χ1n) is 4.39. The van der Waals surface area contributed by atoms with Crippen molar-refractivity contribution in [2.24, 2.45) is 0 Å². The highest BCUT2D eigenvalue weighted by Crippen LogP contribution is 2.21. The molecule has 0 amide bonds. The van der Waals surface area contributed by atoms with E-state index in [9.17, 15) is 4.79 Å². The molecule has 0 unspecified atom stereocenters. The van der Waals surface area contributed by atoms with Gasteiger partial charge in [0.05, 0.1) is 5.56 Å². The first kappa shape index (κ1) is 10.3. The molecule has 1 aromatic rings. The van der Waals surface area contributed by atoms with Crippen LogP contribution in [0.2, 0.25) is 0 Å². The van der Waals surface area contributed by atoms with Gasteiger partial charge in [-0.05, 0) is 18.1 Å². The van der Waals surface area contributed by atoms with Gasteiger partial charge in [-0.15, -0.1) is 0 Å². The SMILES string of the molecule is CCc1cccc(OC(C)=O)c1C#N. The summed E-state index contributed by atoms with van der Waals surface area (Å²) in [6.07, 6.45) is 0.748. The second-order valence-corrected chi connectivity index (χ2v) is 2.85. The molecule has 0 aromatic heterocycles. The van der Waals surface area contributed by atoms with Gasteiger partial charge < -0.3 is 4.74 Å². The Labute approximate surface area is 82.9 Å². The van der Waals surface area contributed by atoms with Crippen LogP contribution in [0, 0.1) is 11.3 Å². The van der Waals surface area contributed by atoms with Crippen LogP contribution in [-0.2, 0) is 11.2 Å². The smallest absolute Gasteiger partial charge is 0.308 e. The number of hydrogen-bond acceptors (Lipinski definition) is 3. The Morgan fingerprint density at radius 2 is 2.29 bits per heavy atom. The van der Waals surface area contributed by atoms with E-state index < -0.39 is 5.97 Å². The third-order valence-electron chi connectivity index (χ3n) is 1.86. The van der Waals surface area contributed by atoms with Crippen LogP contribution in [0.3, 0.4) is 0 Å². The van der Waals surface area contributed by atoms with Crippen LogP contribution in [0.15, 0.2) is 18.2 Å². The van der Waals surface area contributed by atoms with Gasteiger partial charge in [-0.2, -0.15) is 5.26 Å². The molecule has 14 heavy (non-hydrogen) atoms. The minimum Gasteiger partial charge on any atom is -0.425 e. The molecule has 0 aliphatic carbocycles. The van der Waals surface area contributed by atoms with Crippen LogP contribution in [-0.4, -0.2) is 5.97 Å². The summed E-state index contributed by atoms with van der Waals surface area (Å²) < 4.78 is 4.92. The fourth-order valence-corrected chi connectivity index (χ4v) is 1.24. The zero-order valence-electron chi connectivity index (χ0n) is 8.20. The van der Waals surface area contributed by atoms with Gasteiger partial charge in [0.1, 0.15) is 11.8 Å². The number of aryl methyl sites for hydroxylation is 1. The van der Waals surface area contributed by atoms with Crippen molar-refractivity contribution in [3.8, 4) is 11.8 Å². The molecular formula is C11H11NO2. The molecule has 0 fully saturated rings. The Morgan fingerprint density at radius 1 is 1.57 bits per heavy atom. The van der Waals surface area contributed by atoms with E-state index in [1.165, 1.54) is 6.92 Å². The lowest BCUT2D eigenvalue weighted by Gasteiger charge is -2.06. The summed E-state index contributed by atoms with van der Waals surface area (Å²) in [5, 5.41) is 8.90. The molecule has 0 N–H and O–H groups in total. The standard InChI is InChI=1S/C11H11NO2/c1-3-9-5-4-6-11(10(9)7-12)14-8(2)13/h4-6H,3H2,1-2H3. The summed E-state index contributed by atoms with van der Waals surface area (Å²) in [4.78, 5) is 10.7. The number of carbonyl (C=O) groups excluding carboxylic acids is 1. The summed E-state index contributed by atoms with van der Waals surface area (Å²) in [6.45, 7) is 3.27. The monoisotopic (exact) mass is 189 g/mol. The van der Waals surface area contributed by atoms with Gasteiger partial charge in [0, 0.05) is 6.92 Å². The average molecular weight is 189 g/mol. The Morgan fingerprint density at radius 3 is 2.79 bits per heavy atom. The topological polar surface area (TPSA) is 50.1 Å². The summed E-state index contributed by atoms with van der Waals surface area (Å²) in [7, 11) is 0. The second kappa shape index (κ2) is 4.43. The average Bonchev–Trinajstić information content (AvgIpc) is 2.16. The number of rotatable bonds is 2. The number of nitriles is 1. The van der Waals surface area contributed by atoms with E-state index in [1.807, 2.05) is 19.1 Å². The first-order valence-corrected chi connectivity index (χ1v) is 4.39. The quantitative estimate of drug-likeness (QED) is 0.528. The van der Waals surface area contributed by atoms with Crippen molar-refractivity contribution in [2.75, 3.05) is 0 Å². The third-order valence-corrected chi connectivity index (χ3v) is 1.86. The number of ether oxygens (including phenoxy) is 1. The number of nitrogens with zero attached hydrogens (tertiary/aromatic N) is 1. The van der Waals surface area contributed by atoms with E-state index >= 15 is 0 Å². The largest absolute Gasteiger partial charge is 0.425 e. The van der Waals surface area contributed by atoms with E-state index in [-0.39, 0.29) is 0 Å². The minimum atomic E-state index is -0.408. The molecule has 1 rings (SSSR count). The molecular weight excluding hydrogens is 178 g/mol. The first-order chi connectivity index (χ1) is 6.69. The van der Waals surface area contributed by atoms with Crippen molar-refractivity contribution < 1.29 is 9.53 Å². The molecule has 0 atom stereocenters. The van der Waals surface area contributed by atoms with Gasteiger partial charge in [0.15, 0.2) is 0 Å². The molecule has 0 bridgehead atoms. The van der Waals surface area contributed by atoms with Gasteiger partial charge in [-0.3, -0.25) is 4.79 Å². The Bertz CT molecular complexity index is 391. The van der Waals surface area contributed by atoms with E-state index in [1.54, 1.807) is 12.1 Å². The molecule has 0 spiro atoms. The van der Waals surface area contributed by atoms with Crippen molar-refractivity contribution in [1.29, 1.82) is 5.26 Å². The van der Waals surface area contributed by atoms with Gasteiger partial charge in [-0.1, -0.05) is 19.1 Å². The second-order valence-electron chi connectivity index (χ2n) is 2.85. The molecule has 1 aromatic carbocycles.